The molecule has 0 saturated carbocycles. The molecule has 2 atom stereocenters. The molecule has 0 spiro atoms. The molecule has 2 heterocycles. The van der Waals surface area contributed by atoms with E-state index in [9.17, 15) is 0 Å². The molecule has 1 saturated heterocycles. The topological polar surface area (TPSA) is 34.4 Å². The maximum Gasteiger partial charge on any atom is 0.134 e. The van der Waals surface area contributed by atoms with E-state index in [4.69, 9.17) is 9.15 Å². The van der Waals surface area contributed by atoms with Gasteiger partial charge in [-0.1, -0.05) is 18.2 Å². The van der Waals surface area contributed by atoms with Crippen molar-refractivity contribution >= 4 is 11.0 Å². The molecule has 0 amide bonds. The minimum absolute atomic E-state index is 0.232. The summed E-state index contributed by atoms with van der Waals surface area (Å²) in [6.07, 6.45) is 2.31. The summed E-state index contributed by atoms with van der Waals surface area (Å²) in [6, 6.07) is 8.98. The Morgan fingerprint density at radius 2 is 1.86 bits per heavy atom. The van der Waals surface area contributed by atoms with Crippen LogP contribution in [0.15, 0.2) is 28.7 Å². The highest BCUT2D eigenvalue weighted by molar-refractivity contribution is 5.82. The zero-order valence-corrected chi connectivity index (χ0v) is 13.2. The van der Waals surface area contributed by atoms with E-state index in [0.29, 0.717) is 12.0 Å². The number of fused-ring (bicyclic) bond motifs is 1. The SMILES string of the molecule is Cc1c(C(C)NC(C)C2CCOCC2)oc2ccccc12. The second-order valence-electron chi connectivity index (χ2n) is 6.21. The van der Waals surface area contributed by atoms with E-state index in [2.05, 4.69) is 38.2 Å². The normalized spacial score (nSPS) is 19.8. The Balaban J connectivity index is 1.74. The van der Waals surface area contributed by atoms with Crippen molar-refractivity contribution in [1.29, 1.82) is 0 Å². The van der Waals surface area contributed by atoms with E-state index < -0.39 is 0 Å². The Morgan fingerprint density at radius 3 is 2.57 bits per heavy atom. The highest BCUT2D eigenvalue weighted by atomic mass is 16.5. The summed E-state index contributed by atoms with van der Waals surface area (Å²) >= 11 is 0. The van der Waals surface area contributed by atoms with Crippen LogP contribution in [0.4, 0.5) is 0 Å². The van der Waals surface area contributed by atoms with E-state index in [0.717, 1.165) is 37.4 Å². The third kappa shape index (κ3) is 2.99. The summed E-state index contributed by atoms with van der Waals surface area (Å²) in [6.45, 7) is 8.42. The smallest absolute Gasteiger partial charge is 0.134 e. The predicted octanol–water partition coefficient (Wildman–Crippen LogP) is 4.21. The van der Waals surface area contributed by atoms with Gasteiger partial charge in [0.25, 0.3) is 0 Å². The van der Waals surface area contributed by atoms with Crippen LogP contribution in [0.2, 0.25) is 0 Å². The summed E-state index contributed by atoms with van der Waals surface area (Å²) in [5.74, 6) is 1.76. The number of benzene rings is 1. The van der Waals surface area contributed by atoms with Crippen LogP contribution in [0.3, 0.4) is 0 Å². The molecule has 2 aromatic rings. The number of para-hydroxylation sites is 1. The van der Waals surface area contributed by atoms with Crippen LogP contribution < -0.4 is 5.32 Å². The fraction of sp³-hybridized carbons (Fsp3) is 0.556. The number of hydrogen-bond donors (Lipinski definition) is 1. The van der Waals surface area contributed by atoms with Crippen LogP contribution in [0.5, 0.6) is 0 Å². The van der Waals surface area contributed by atoms with E-state index in [-0.39, 0.29) is 6.04 Å². The molecule has 1 aromatic heterocycles. The highest BCUT2D eigenvalue weighted by Gasteiger charge is 2.24. The van der Waals surface area contributed by atoms with Gasteiger partial charge < -0.3 is 14.5 Å². The molecule has 0 bridgehead atoms. The number of aryl methyl sites for hydroxylation is 1. The van der Waals surface area contributed by atoms with Crippen LogP contribution >= 0.6 is 0 Å². The number of rotatable bonds is 4. The van der Waals surface area contributed by atoms with Crippen molar-refractivity contribution in [2.45, 2.75) is 45.7 Å². The molecule has 0 radical (unpaired) electrons. The van der Waals surface area contributed by atoms with Crippen molar-refractivity contribution in [1.82, 2.24) is 5.32 Å². The molecular formula is C18H25NO2. The van der Waals surface area contributed by atoms with E-state index >= 15 is 0 Å². The molecule has 1 fully saturated rings. The summed E-state index contributed by atoms with van der Waals surface area (Å²) in [5, 5.41) is 4.94. The lowest BCUT2D eigenvalue weighted by Gasteiger charge is -2.30. The quantitative estimate of drug-likeness (QED) is 0.915. The zero-order valence-electron chi connectivity index (χ0n) is 13.2. The molecule has 3 rings (SSSR count). The Bertz CT molecular complexity index is 598. The second kappa shape index (κ2) is 6.20. The van der Waals surface area contributed by atoms with Gasteiger partial charge in [-0.2, -0.15) is 0 Å². The Morgan fingerprint density at radius 1 is 1.14 bits per heavy atom. The minimum Gasteiger partial charge on any atom is -0.459 e. The van der Waals surface area contributed by atoms with Crippen LogP contribution in [0.1, 0.15) is 44.1 Å². The summed E-state index contributed by atoms with van der Waals surface area (Å²) in [4.78, 5) is 0. The maximum atomic E-state index is 6.06. The van der Waals surface area contributed by atoms with Gasteiger partial charge >= 0.3 is 0 Å². The molecule has 1 aromatic carbocycles. The van der Waals surface area contributed by atoms with E-state index in [1.165, 1.54) is 10.9 Å². The van der Waals surface area contributed by atoms with Crippen molar-refractivity contribution in [2.75, 3.05) is 13.2 Å². The van der Waals surface area contributed by atoms with Crippen molar-refractivity contribution < 1.29 is 9.15 Å². The maximum absolute atomic E-state index is 6.06. The lowest BCUT2D eigenvalue weighted by Crippen LogP contribution is -2.38. The van der Waals surface area contributed by atoms with Crippen LogP contribution in [-0.4, -0.2) is 19.3 Å². The molecule has 3 nitrogen and oxygen atoms in total. The number of ether oxygens (including phenoxy) is 1. The molecule has 0 aliphatic carbocycles. The van der Waals surface area contributed by atoms with Crippen LogP contribution in [-0.2, 0) is 4.74 Å². The molecule has 1 N–H and O–H groups in total. The first-order valence-corrected chi connectivity index (χ1v) is 7.98. The zero-order chi connectivity index (χ0) is 14.8. The van der Waals surface area contributed by atoms with Gasteiger partial charge in [-0.15, -0.1) is 0 Å². The molecule has 2 unspecified atom stereocenters. The monoisotopic (exact) mass is 287 g/mol. The largest absolute Gasteiger partial charge is 0.459 e. The number of furan rings is 1. The first kappa shape index (κ1) is 14.6. The fourth-order valence-corrected chi connectivity index (χ4v) is 3.43. The van der Waals surface area contributed by atoms with Crippen molar-refractivity contribution in [3.8, 4) is 0 Å². The van der Waals surface area contributed by atoms with Gasteiger partial charge in [0.05, 0.1) is 6.04 Å². The second-order valence-corrected chi connectivity index (χ2v) is 6.21. The fourth-order valence-electron chi connectivity index (χ4n) is 3.43. The Kier molecular flexibility index (Phi) is 4.32. The summed E-state index contributed by atoms with van der Waals surface area (Å²) in [7, 11) is 0. The van der Waals surface area contributed by atoms with Gasteiger partial charge in [-0.05, 0) is 51.2 Å². The average Bonchev–Trinajstić information content (AvgIpc) is 2.86. The van der Waals surface area contributed by atoms with Gasteiger partial charge in [-0.3, -0.25) is 0 Å². The van der Waals surface area contributed by atoms with Crippen molar-refractivity contribution in [2.24, 2.45) is 5.92 Å². The first-order chi connectivity index (χ1) is 10.2. The standard InChI is InChI=1S/C18H25NO2/c1-12-16-6-4-5-7-17(16)21-18(12)14(3)19-13(2)15-8-10-20-11-9-15/h4-7,13-15,19H,8-11H2,1-3H3. The molecular weight excluding hydrogens is 262 g/mol. The molecule has 21 heavy (non-hydrogen) atoms. The van der Waals surface area contributed by atoms with Crippen LogP contribution in [0.25, 0.3) is 11.0 Å². The van der Waals surface area contributed by atoms with Gasteiger partial charge in [0.1, 0.15) is 11.3 Å². The van der Waals surface area contributed by atoms with E-state index in [1.807, 2.05) is 12.1 Å². The average molecular weight is 287 g/mol. The van der Waals surface area contributed by atoms with Crippen LogP contribution in [0, 0.1) is 12.8 Å². The first-order valence-electron chi connectivity index (χ1n) is 7.98. The lowest BCUT2D eigenvalue weighted by atomic mass is 9.92. The van der Waals surface area contributed by atoms with Crippen molar-refractivity contribution in [3.63, 3.8) is 0 Å². The van der Waals surface area contributed by atoms with Gasteiger partial charge in [0.2, 0.25) is 0 Å². The Labute approximate surface area is 126 Å². The summed E-state index contributed by atoms with van der Waals surface area (Å²) < 4.78 is 11.5. The number of hydrogen-bond acceptors (Lipinski definition) is 3. The lowest BCUT2D eigenvalue weighted by molar-refractivity contribution is 0.0543. The Hall–Kier alpha value is -1.32. The van der Waals surface area contributed by atoms with Gasteiger partial charge in [0, 0.05) is 24.6 Å². The third-order valence-corrected chi connectivity index (χ3v) is 4.76. The third-order valence-electron chi connectivity index (χ3n) is 4.76. The van der Waals surface area contributed by atoms with Gasteiger partial charge in [-0.25, -0.2) is 0 Å². The van der Waals surface area contributed by atoms with E-state index in [1.54, 1.807) is 0 Å². The molecule has 3 heteroatoms. The van der Waals surface area contributed by atoms with Crippen molar-refractivity contribution in [3.05, 3.63) is 35.6 Å². The predicted molar refractivity (Wildman–Crippen MR) is 85.5 cm³/mol. The summed E-state index contributed by atoms with van der Waals surface area (Å²) in [5.41, 5.74) is 2.24. The van der Waals surface area contributed by atoms with Gasteiger partial charge in [0.15, 0.2) is 0 Å². The molecule has 1 aliphatic rings. The number of nitrogens with one attached hydrogen (secondary N) is 1. The highest BCUT2D eigenvalue weighted by Crippen LogP contribution is 2.30. The minimum atomic E-state index is 0.232. The molecule has 114 valence electrons. The molecule has 1 aliphatic heterocycles.